The largest absolute Gasteiger partial charge is 0.300 e. The van der Waals surface area contributed by atoms with Gasteiger partial charge in [-0.2, -0.15) is 0 Å². The number of piperidine rings is 1. The molecule has 0 spiro atoms. The summed E-state index contributed by atoms with van der Waals surface area (Å²) in [6, 6.07) is 0.822. The third-order valence-electron chi connectivity index (χ3n) is 3.07. The molecule has 0 aromatic heterocycles. The molecule has 0 radical (unpaired) electrons. The van der Waals surface area contributed by atoms with E-state index in [4.69, 9.17) is 0 Å². The monoisotopic (exact) mass is 154 g/mol. The maximum absolute atomic E-state index is 3.69. The van der Waals surface area contributed by atoms with Crippen LogP contribution in [0.5, 0.6) is 0 Å². The lowest BCUT2D eigenvalue weighted by Gasteiger charge is -2.35. The quantitative estimate of drug-likeness (QED) is 0.625. The van der Waals surface area contributed by atoms with Gasteiger partial charge in [0.2, 0.25) is 0 Å². The molecular formula is C9H18N2. The molecule has 2 bridgehead atoms. The lowest BCUT2D eigenvalue weighted by Crippen LogP contribution is -2.56. The Morgan fingerprint density at radius 2 is 2.36 bits per heavy atom. The van der Waals surface area contributed by atoms with Crippen LogP contribution in [0.15, 0.2) is 0 Å². The van der Waals surface area contributed by atoms with Crippen LogP contribution >= 0.6 is 0 Å². The van der Waals surface area contributed by atoms with Gasteiger partial charge < -0.3 is 0 Å². The Kier molecular flexibility index (Phi) is 1.90. The van der Waals surface area contributed by atoms with Crippen LogP contribution < -0.4 is 10.6 Å². The second kappa shape index (κ2) is 2.76. The molecule has 2 heterocycles. The molecule has 2 aliphatic heterocycles. The maximum atomic E-state index is 3.69. The summed E-state index contributed by atoms with van der Waals surface area (Å²) in [5.74, 6) is 0. The van der Waals surface area contributed by atoms with Crippen LogP contribution in [0.4, 0.5) is 0 Å². The molecule has 0 amide bonds. The van der Waals surface area contributed by atoms with Crippen LogP contribution in [0.2, 0.25) is 0 Å². The molecule has 11 heavy (non-hydrogen) atoms. The van der Waals surface area contributed by atoms with Gasteiger partial charge in [0, 0.05) is 6.04 Å². The summed E-state index contributed by atoms with van der Waals surface area (Å²) < 4.78 is 0. The predicted molar refractivity (Wildman–Crippen MR) is 46.4 cm³/mol. The molecule has 0 saturated carbocycles. The van der Waals surface area contributed by atoms with Crippen molar-refractivity contribution in [3.63, 3.8) is 0 Å². The van der Waals surface area contributed by atoms with Crippen molar-refractivity contribution in [2.24, 2.45) is 0 Å². The highest BCUT2D eigenvalue weighted by Crippen LogP contribution is 2.33. The number of rotatable bonds is 2. The van der Waals surface area contributed by atoms with Crippen LogP contribution in [0.1, 0.15) is 39.0 Å². The predicted octanol–water partition coefficient (Wildman–Crippen LogP) is 1.23. The van der Waals surface area contributed by atoms with Crippen LogP contribution in [-0.2, 0) is 0 Å². The van der Waals surface area contributed by atoms with Crippen molar-refractivity contribution < 1.29 is 0 Å². The van der Waals surface area contributed by atoms with Crippen molar-refractivity contribution in [1.29, 1.82) is 0 Å². The third-order valence-corrected chi connectivity index (χ3v) is 3.07. The summed E-state index contributed by atoms with van der Waals surface area (Å²) >= 11 is 0. The van der Waals surface area contributed by atoms with Crippen molar-refractivity contribution in [2.75, 3.05) is 6.54 Å². The Bertz CT molecular complexity index is 137. The van der Waals surface area contributed by atoms with Gasteiger partial charge in [-0.3, -0.25) is 10.6 Å². The zero-order chi connectivity index (χ0) is 7.73. The Morgan fingerprint density at radius 3 is 3.18 bits per heavy atom. The van der Waals surface area contributed by atoms with Gasteiger partial charge in [0.25, 0.3) is 0 Å². The zero-order valence-electron chi connectivity index (χ0n) is 7.32. The van der Waals surface area contributed by atoms with Crippen LogP contribution in [0.25, 0.3) is 0 Å². The van der Waals surface area contributed by atoms with Gasteiger partial charge in [-0.15, -0.1) is 0 Å². The first kappa shape index (κ1) is 7.56. The molecular weight excluding hydrogens is 136 g/mol. The average Bonchev–Trinajstić information content (AvgIpc) is 2.28. The maximum Gasteiger partial charge on any atom is 0.0689 e. The van der Waals surface area contributed by atoms with E-state index >= 15 is 0 Å². The van der Waals surface area contributed by atoms with Gasteiger partial charge in [0.05, 0.1) is 5.66 Å². The number of hydrogen-bond donors (Lipinski definition) is 2. The minimum Gasteiger partial charge on any atom is -0.300 e. The van der Waals surface area contributed by atoms with E-state index in [-0.39, 0.29) is 0 Å². The lowest BCUT2D eigenvalue weighted by molar-refractivity contribution is 0.226. The van der Waals surface area contributed by atoms with Gasteiger partial charge >= 0.3 is 0 Å². The van der Waals surface area contributed by atoms with E-state index in [0.29, 0.717) is 5.66 Å². The van der Waals surface area contributed by atoms with Gasteiger partial charge in [0.15, 0.2) is 0 Å². The summed E-state index contributed by atoms with van der Waals surface area (Å²) in [4.78, 5) is 0. The highest BCUT2D eigenvalue weighted by Gasteiger charge is 2.40. The van der Waals surface area contributed by atoms with Gasteiger partial charge in [-0.1, -0.05) is 6.92 Å². The summed E-state index contributed by atoms with van der Waals surface area (Å²) in [5.41, 5.74) is 0.345. The second-order valence-electron chi connectivity index (χ2n) is 3.88. The summed E-state index contributed by atoms with van der Waals surface area (Å²) in [7, 11) is 0. The Morgan fingerprint density at radius 1 is 1.45 bits per heavy atom. The van der Waals surface area contributed by atoms with Gasteiger partial charge in [0.1, 0.15) is 0 Å². The zero-order valence-corrected chi connectivity index (χ0v) is 7.32. The molecule has 2 aliphatic rings. The SMILES string of the molecule is CCNC12CCCC(CC1)N2. The van der Waals surface area contributed by atoms with Gasteiger partial charge in [-0.25, -0.2) is 0 Å². The minimum atomic E-state index is 0.345. The van der Waals surface area contributed by atoms with E-state index in [0.717, 1.165) is 12.6 Å². The first-order valence-corrected chi connectivity index (χ1v) is 4.87. The van der Waals surface area contributed by atoms with Crippen molar-refractivity contribution >= 4 is 0 Å². The topological polar surface area (TPSA) is 24.1 Å². The highest BCUT2D eigenvalue weighted by atomic mass is 15.2. The van der Waals surface area contributed by atoms with Gasteiger partial charge in [-0.05, 0) is 38.6 Å². The summed E-state index contributed by atoms with van der Waals surface area (Å²) in [6.07, 6.45) is 6.85. The molecule has 2 fully saturated rings. The van der Waals surface area contributed by atoms with E-state index in [9.17, 15) is 0 Å². The molecule has 2 rings (SSSR count). The van der Waals surface area contributed by atoms with Crippen molar-refractivity contribution in [3.05, 3.63) is 0 Å². The fourth-order valence-corrected chi connectivity index (χ4v) is 2.59. The standard InChI is InChI=1S/C9H18N2/c1-2-10-9-6-3-4-8(11-9)5-7-9/h8,10-11H,2-7H2,1H3. The van der Waals surface area contributed by atoms with E-state index in [1.165, 1.54) is 32.1 Å². The van der Waals surface area contributed by atoms with E-state index in [1.807, 2.05) is 0 Å². The van der Waals surface area contributed by atoms with Crippen LogP contribution in [0.3, 0.4) is 0 Å². The minimum absolute atomic E-state index is 0.345. The first-order valence-electron chi connectivity index (χ1n) is 4.87. The fraction of sp³-hybridized carbons (Fsp3) is 1.00. The molecule has 2 atom stereocenters. The lowest BCUT2D eigenvalue weighted by atomic mass is 10.00. The van der Waals surface area contributed by atoms with E-state index in [2.05, 4.69) is 17.6 Å². The van der Waals surface area contributed by atoms with Crippen molar-refractivity contribution in [2.45, 2.75) is 50.7 Å². The van der Waals surface area contributed by atoms with E-state index < -0.39 is 0 Å². The molecule has 2 saturated heterocycles. The third kappa shape index (κ3) is 1.30. The van der Waals surface area contributed by atoms with Crippen LogP contribution in [0, 0.1) is 0 Å². The Hall–Kier alpha value is -0.0800. The number of nitrogens with one attached hydrogen (secondary N) is 2. The van der Waals surface area contributed by atoms with Crippen LogP contribution in [-0.4, -0.2) is 18.2 Å². The molecule has 2 N–H and O–H groups in total. The van der Waals surface area contributed by atoms with Crippen molar-refractivity contribution in [1.82, 2.24) is 10.6 Å². The smallest absolute Gasteiger partial charge is 0.0689 e. The van der Waals surface area contributed by atoms with E-state index in [1.54, 1.807) is 0 Å². The molecule has 0 aliphatic carbocycles. The molecule has 0 aromatic carbocycles. The molecule has 0 aromatic rings. The first-order chi connectivity index (χ1) is 5.35. The molecule has 2 heteroatoms. The normalized spacial score (nSPS) is 42.8. The Labute approximate surface area is 68.7 Å². The summed E-state index contributed by atoms with van der Waals surface area (Å²) in [5, 5.41) is 7.27. The molecule has 64 valence electrons. The fourth-order valence-electron chi connectivity index (χ4n) is 2.59. The second-order valence-corrected chi connectivity index (χ2v) is 3.88. The molecule has 2 nitrogen and oxygen atoms in total. The summed E-state index contributed by atoms with van der Waals surface area (Å²) in [6.45, 7) is 3.29. The highest BCUT2D eigenvalue weighted by molar-refractivity contribution is 4.98. The number of hydrogen-bond acceptors (Lipinski definition) is 2. The average molecular weight is 154 g/mol. The molecule has 2 unspecified atom stereocenters. The Balaban J connectivity index is 2.01. The number of fused-ring (bicyclic) bond motifs is 2. The van der Waals surface area contributed by atoms with Crippen molar-refractivity contribution in [3.8, 4) is 0 Å².